The number of aryl methyl sites for hydroxylation is 1. The second kappa shape index (κ2) is 7.32. The Morgan fingerprint density at radius 1 is 1.27 bits per heavy atom. The molecule has 1 N–H and O–H groups in total. The number of amides is 1. The van der Waals surface area contributed by atoms with Crippen molar-refractivity contribution in [3.05, 3.63) is 51.2 Å². The Morgan fingerprint density at radius 2 is 1.96 bits per heavy atom. The predicted octanol–water partition coefficient (Wildman–Crippen LogP) is 3.43. The van der Waals surface area contributed by atoms with Crippen molar-refractivity contribution in [2.45, 2.75) is 38.0 Å². The number of benzene rings is 1. The lowest BCUT2D eigenvalue weighted by Gasteiger charge is -2.16. The molecule has 2 aromatic rings. The first-order valence-corrected chi connectivity index (χ1v) is 11.2. The number of rotatable bonds is 4. The third kappa shape index (κ3) is 4.22. The van der Waals surface area contributed by atoms with E-state index < -0.39 is 9.84 Å². The van der Waals surface area contributed by atoms with Crippen molar-refractivity contribution in [3.8, 4) is 0 Å². The lowest BCUT2D eigenvalue weighted by molar-refractivity contribution is 0.0959. The van der Waals surface area contributed by atoms with Crippen LogP contribution in [0, 0.1) is 5.92 Å². The van der Waals surface area contributed by atoms with E-state index in [1.165, 1.54) is 23.1 Å². The summed E-state index contributed by atoms with van der Waals surface area (Å²) in [4.78, 5) is 14.6. The molecule has 1 unspecified atom stereocenters. The van der Waals surface area contributed by atoms with Crippen LogP contribution in [0.4, 0.5) is 0 Å². The van der Waals surface area contributed by atoms with Gasteiger partial charge in [-0.15, -0.1) is 11.3 Å². The van der Waals surface area contributed by atoms with Gasteiger partial charge >= 0.3 is 0 Å². The zero-order valence-corrected chi connectivity index (χ0v) is 16.7. The van der Waals surface area contributed by atoms with Crippen molar-refractivity contribution in [1.82, 2.24) is 5.43 Å². The van der Waals surface area contributed by atoms with Crippen LogP contribution in [0.25, 0.3) is 0 Å². The molecule has 3 rings (SSSR count). The average molecular weight is 391 g/mol. The molecule has 0 fully saturated rings. The van der Waals surface area contributed by atoms with Gasteiger partial charge in [0.05, 0.1) is 15.5 Å². The molecule has 0 saturated carbocycles. The minimum atomic E-state index is -3.22. The standard InChI is InChI=1S/C19H22N2O3S2/c1-12-4-9-17-15(10-12)11-18(25-17)19(22)21-20-13(2)14-5-7-16(8-6-14)26(3,23)24/h5-8,11-12H,4,9-10H2,1-3H3,(H,21,22)/b20-13+. The molecule has 7 heteroatoms. The van der Waals surface area contributed by atoms with Gasteiger partial charge in [0.2, 0.25) is 0 Å². The van der Waals surface area contributed by atoms with Gasteiger partial charge in [-0.25, -0.2) is 13.8 Å². The van der Waals surface area contributed by atoms with Crippen molar-refractivity contribution in [2.75, 3.05) is 6.26 Å². The van der Waals surface area contributed by atoms with E-state index in [4.69, 9.17) is 0 Å². The molecule has 1 aromatic heterocycles. The van der Waals surface area contributed by atoms with Crippen LogP contribution in [0.2, 0.25) is 0 Å². The first-order chi connectivity index (χ1) is 12.2. The predicted molar refractivity (Wildman–Crippen MR) is 105 cm³/mol. The van der Waals surface area contributed by atoms with Crippen molar-refractivity contribution < 1.29 is 13.2 Å². The lowest BCUT2D eigenvalue weighted by Crippen LogP contribution is -2.18. The van der Waals surface area contributed by atoms with Gasteiger partial charge in [-0.05, 0) is 61.4 Å². The molecule has 1 aliphatic carbocycles. The molecule has 26 heavy (non-hydrogen) atoms. The van der Waals surface area contributed by atoms with E-state index in [9.17, 15) is 13.2 Å². The molecule has 0 radical (unpaired) electrons. The average Bonchev–Trinajstić information content (AvgIpc) is 3.02. The topological polar surface area (TPSA) is 75.6 Å². The first-order valence-electron chi connectivity index (χ1n) is 8.50. The van der Waals surface area contributed by atoms with Crippen LogP contribution in [0.3, 0.4) is 0 Å². The monoisotopic (exact) mass is 390 g/mol. The summed E-state index contributed by atoms with van der Waals surface area (Å²) in [5, 5.41) is 4.16. The van der Waals surface area contributed by atoms with E-state index >= 15 is 0 Å². The number of hydrogen-bond acceptors (Lipinski definition) is 5. The highest BCUT2D eigenvalue weighted by atomic mass is 32.2. The highest BCUT2D eigenvalue weighted by Crippen LogP contribution is 2.32. The molecule has 0 bridgehead atoms. The van der Waals surface area contributed by atoms with Gasteiger partial charge in [0, 0.05) is 11.1 Å². The SMILES string of the molecule is C/C(=N\NC(=O)c1cc2c(s1)CCC(C)C2)c1ccc(S(C)(=O)=O)cc1. The maximum absolute atomic E-state index is 12.4. The number of fused-ring (bicyclic) bond motifs is 1. The Balaban J connectivity index is 1.70. The Labute approximate surface area is 158 Å². The second-order valence-corrected chi connectivity index (χ2v) is 9.99. The zero-order chi connectivity index (χ0) is 18.9. The fraction of sp³-hybridized carbons (Fsp3) is 0.368. The van der Waals surface area contributed by atoms with Crippen molar-refractivity contribution >= 4 is 32.8 Å². The fourth-order valence-corrected chi connectivity index (χ4v) is 4.74. The van der Waals surface area contributed by atoms with Gasteiger partial charge < -0.3 is 0 Å². The maximum Gasteiger partial charge on any atom is 0.281 e. The smallest absolute Gasteiger partial charge is 0.266 e. The molecule has 1 amide bonds. The molecule has 0 saturated heterocycles. The van der Waals surface area contributed by atoms with Crippen molar-refractivity contribution in [1.29, 1.82) is 0 Å². The molecule has 1 atom stereocenters. The van der Waals surface area contributed by atoms with E-state index in [1.54, 1.807) is 42.5 Å². The van der Waals surface area contributed by atoms with Gasteiger partial charge in [0.1, 0.15) is 0 Å². The van der Waals surface area contributed by atoms with Gasteiger partial charge in [0.25, 0.3) is 5.91 Å². The van der Waals surface area contributed by atoms with E-state index in [2.05, 4.69) is 17.5 Å². The number of hydrogen-bond donors (Lipinski definition) is 1. The van der Waals surface area contributed by atoms with Crippen molar-refractivity contribution in [3.63, 3.8) is 0 Å². The molecule has 5 nitrogen and oxygen atoms in total. The largest absolute Gasteiger partial charge is 0.281 e. The van der Waals surface area contributed by atoms with Gasteiger partial charge in [-0.3, -0.25) is 4.79 Å². The third-order valence-electron chi connectivity index (χ3n) is 4.58. The third-order valence-corrected chi connectivity index (χ3v) is 6.94. The number of hydrazone groups is 1. The van der Waals surface area contributed by atoms with Crippen LogP contribution in [0.1, 0.15) is 45.9 Å². The second-order valence-electron chi connectivity index (χ2n) is 6.84. The number of nitrogens with zero attached hydrogens (tertiary/aromatic N) is 1. The van der Waals surface area contributed by atoms with Crippen LogP contribution < -0.4 is 5.43 Å². The molecule has 0 spiro atoms. The Bertz CT molecular complexity index is 957. The molecule has 1 aliphatic rings. The quantitative estimate of drug-likeness (QED) is 0.642. The number of sulfone groups is 1. The molecular weight excluding hydrogens is 368 g/mol. The Kier molecular flexibility index (Phi) is 5.29. The van der Waals surface area contributed by atoms with Gasteiger partial charge in [0.15, 0.2) is 9.84 Å². The normalized spacial score (nSPS) is 17.7. The van der Waals surface area contributed by atoms with Crippen LogP contribution in [0.15, 0.2) is 40.3 Å². The van der Waals surface area contributed by atoms with E-state index in [0.717, 1.165) is 18.4 Å². The molecule has 138 valence electrons. The molecule has 1 aromatic carbocycles. The van der Waals surface area contributed by atoms with Crippen LogP contribution in [0.5, 0.6) is 0 Å². The van der Waals surface area contributed by atoms with Crippen LogP contribution >= 0.6 is 11.3 Å². The summed E-state index contributed by atoms with van der Waals surface area (Å²) in [5.74, 6) is 0.465. The molecular formula is C19H22N2O3S2. The zero-order valence-electron chi connectivity index (χ0n) is 15.1. The summed E-state index contributed by atoms with van der Waals surface area (Å²) in [7, 11) is -3.22. The van der Waals surface area contributed by atoms with Gasteiger partial charge in [-0.1, -0.05) is 19.1 Å². The summed E-state index contributed by atoms with van der Waals surface area (Å²) in [6, 6.07) is 8.44. The lowest BCUT2D eigenvalue weighted by atomic mass is 9.90. The summed E-state index contributed by atoms with van der Waals surface area (Å²) >= 11 is 1.55. The minimum Gasteiger partial charge on any atom is -0.266 e. The number of carbonyl (C=O) groups excluding carboxylic acids is 1. The van der Waals surface area contributed by atoms with E-state index in [1.807, 2.05) is 6.07 Å². The molecule has 0 aliphatic heterocycles. The Hall–Kier alpha value is -1.99. The van der Waals surface area contributed by atoms with E-state index in [-0.39, 0.29) is 10.8 Å². The maximum atomic E-state index is 12.4. The van der Waals surface area contributed by atoms with Crippen LogP contribution in [-0.4, -0.2) is 26.3 Å². The summed E-state index contributed by atoms with van der Waals surface area (Å²) in [6.45, 7) is 4.01. The summed E-state index contributed by atoms with van der Waals surface area (Å²) < 4.78 is 23.0. The van der Waals surface area contributed by atoms with Gasteiger partial charge in [-0.2, -0.15) is 5.10 Å². The summed E-state index contributed by atoms with van der Waals surface area (Å²) in [5.41, 5.74) is 5.27. The van der Waals surface area contributed by atoms with Crippen LogP contribution in [-0.2, 0) is 22.7 Å². The fourth-order valence-electron chi connectivity index (χ4n) is 3.02. The Morgan fingerprint density at radius 3 is 2.62 bits per heavy atom. The van der Waals surface area contributed by atoms with E-state index in [0.29, 0.717) is 16.5 Å². The highest BCUT2D eigenvalue weighted by Gasteiger charge is 2.20. The first kappa shape index (κ1) is 18.8. The summed E-state index contributed by atoms with van der Waals surface area (Å²) in [6.07, 6.45) is 4.43. The number of carbonyl (C=O) groups is 1. The number of thiophene rings is 1. The molecule has 1 heterocycles. The minimum absolute atomic E-state index is 0.204. The highest BCUT2D eigenvalue weighted by molar-refractivity contribution is 7.90. The van der Waals surface area contributed by atoms with Crippen molar-refractivity contribution in [2.24, 2.45) is 11.0 Å². The number of nitrogens with one attached hydrogen (secondary N) is 1.